The Balaban J connectivity index is 1.72. The maximum atomic E-state index is 13.6. The van der Waals surface area contributed by atoms with E-state index in [-0.39, 0.29) is 22.3 Å². The number of benzene rings is 2. The summed E-state index contributed by atoms with van der Waals surface area (Å²) >= 11 is 0.983. The van der Waals surface area contributed by atoms with Crippen molar-refractivity contribution in [2.45, 2.75) is 19.9 Å². The molecule has 0 radical (unpaired) electrons. The molecular formula is C28H27N3O8S. The quantitative estimate of drug-likeness (QED) is 0.474. The molecule has 11 nitrogen and oxygen atoms in total. The largest absolute Gasteiger partial charge is 0.493 e. The third-order valence-corrected chi connectivity index (χ3v) is 7.09. The number of aliphatic imine (C=N–C) groups is 1. The van der Waals surface area contributed by atoms with Crippen molar-refractivity contribution in [1.82, 2.24) is 4.90 Å². The van der Waals surface area contributed by atoms with Crippen LogP contribution in [-0.4, -0.2) is 61.8 Å². The lowest BCUT2D eigenvalue weighted by Gasteiger charge is -2.38. The van der Waals surface area contributed by atoms with Gasteiger partial charge in [0, 0.05) is 17.3 Å². The fourth-order valence-electron chi connectivity index (χ4n) is 4.30. The Bertz CT molecular complexity index is 1460. The zero-order chi connectivity index (χ0) is 29.0. The van der Waals surface area contributed by atoms with Crippen LogP contribution in [0.1, 0.15) is 35.8 Å². The average Bonchev–Trinajstić information content (AvgIpc) is 2.95. The molecule has 0 fully saturated rings. The van der Waals surface area contributed by atoms with Gasteiger partial charge in [0.2, 0.25) is 0 Å². The van der Waals surface area contributed by atoms with Crippen LogP contribution >= 0.6 is 11.8 Å². The van der Waals surface area contributed by atoms with Crippen molar-refractivity contribution in [2.75, 3.05) is 33.3 Å². The number of amidine groups is 1. The number of fused-ring (bicyclic) bond motifs is 1. The number of amides is 2. The lowest BCUT2D eigenvalue weighted by atomic mass is 9.93. The first kappa shape index (κ1) is 28.4. The number of ether oxygens (including phenoxy) is 4. The molecule has 0 aromatic heterocycles. The number of rotatable bonds is 8. The molecule has 208 valence electrons. The van der Waals surface area contributed by atoms with Gasteiger partial charge in [-0.2, -0.15) is 0 Å². The number of para-hydroxylation sites is 1. The number of methoxy groups -OCH3 is 3. The van der Waals surface area contributed by atoms with E-state index in [0.29, 0.717) is 34.0 Å². The predicted octanol–water partition coefficient (Wildman–Crippen LogP) is 3.84. The van der Waals surface area contributed by atoms with Gasteiger partial charge in [0.15, 0.2) is 16.7 Å². The molecule has 0 aliphatic carbocycles. The van der Waals surface area contributed by atoms with E-state index in [2.05, 4.69) is 15.0 Å². The van der Waals surface area contributed by atoms with Crippen molar-refractivity contribution in [2.24, 2.45) is 4.99 Å². The molecule has 0 spiro atoms. The summed E-state index contributed by atoms with van der Waals surface area (Å²) in [6, 6.07) is 10.3. The zero-order valence-corrected chi connectivity index (χ0v) is 23.3. The van der Waals surface area contributed by atoms with Crippen LogP contribution in [0.5, 0.6) is 11.5 Å². The van der Waals surface area contributed by atoms with E-state index in [1.165, 1.54) is 44.4 Å². The highest BCUT2D eigenvalue weighted by Crippen LogP contribution is 2.46. The van der Waals surface area contributed by atoms with E-state index in [1.807, 2.05) is 0 Å². The highest BCUT2D eigenvalue weighted by atomic mass is 32.2. The van der Waals surface area contributed by atoms with Crippen molar-refractivity contribution in [1.29, 1.82) is 0 Å². The van der Waals surface area contributed by atoms with E-state index >= 15 is 0 Å². The van der Waals surface area contributed by atoms with Crippen LogP contribution in [0.4, 0.5) is 5.69 Å². The second-order valence-corrected chi connectivity index (χ2v) is 9.45. The predicted molar refractivity (Wildman–Crippen MR) is 148 cm³/mol. The molecule has 40 heavy (non-hydrogen) atoms. The molecule has 0 bridgehead atoms. The van der Waals surface area contributed by atoms with E-state index in [9.17, 15) is 19.2 Å². The standard InChI is InChI=1S/C28H27N3O8S/c1-6-39-27(35)22-15(2)29-28-31(23(22)18-8-7-9-19(36-3)24(18)37-4)21(32)14-20(40-28)25(33)30-17-12-10-16(11-13-17)26(34)38-5/h7-14,23H,6H2,1-5H3,(H,30,33)/t23-/m0/s1. The van der Waals surface area contributed by atoms with Crippen molar-refractivity contribution < 1.29 is 38.1 Å². The first-order chi connectivity index (χ1) is 19.2. The van der Waals surface area contributed by atoms with Crippen LogP contribution in [0, 0.1) is 0 Å². The summed E-state index contributed by atoms with van der Waals surface area (Å²) in [6.45, 7) is 3.45. The van der Waals surface area contributed by atoms with Gasteiger partial charge in [-0.25, -0.2) is 14.6 Å². The van der Waals surface area contributed by atoms with Gasteiger partial charge in [-0.05, 0) is 55.9 Å². The van der Waals surface area contributed by atoms with Crippen LogP contribution in [-0.2, 0) is 23.9 Å². The van der Waals surface area contributed by atoms with Gasteiger partial charge in [0.05, 0.1) is 49.7 Å². The molecule has 2 amide bonds. The van der Waals surface area contributed by atoms with Gasteiger partial charge in [-0.15, -0.1) is 0 Å². The summed E-state index contributed by atoms with van der Waals surface area (Å²) in [5.74, 6) is -1.48. The second kappa shape index (κ2) is 12.1. The number of carbonyl (C=O) groups is 4. The molecule has 0 unspecified atom stereocenters. The molecule has 1 N–H and O–H groups in total. The molecule has 2 aromatic carbocycles. The smallest absolute Gasteiger partial charge is 0.338 e. The third-order valence-electron chi connectivity index (χ3n) is 6.10. The molecule has 0 saturated carbocycles. The topological polar surface area (TPSA) is 133 Å². The summed E-state index contributed by atoms with van der Waals surface area (Å²) in [5.41, 5.74) is 1.72. The Kier molecular flexibility index (Phi) is 8.58. The molecule has 2 heterocycles. The van der Waals surface area contributed by atoms with Gasteiger partial charge in [0.25, 0.3) is 11.8 Å². The SMILES string of the molecule is CCOC(=O)C1=C(C)N=C2SC(C(=O)Nc3ccc(C(=O)OC)cc3)=CC(=O)N2[C@H]1c1cccc(OC)c1OC. The normalized spacial score (nSPS) is 16.4. The number of nitrogens with zero attached hydrogens (tertiary/aromatic N) is 2. The van der Waals surface area contributed by atoms with Crippen molar-refractivity contribution >= 4 is 46.4 Å². The molecule has 12 heteroatoms. The molecule has 2 aliphatic rings. The van der Waals surface area contributed by atoms with Crippen molar-refractivity contribution in [3.8, 4) is 11.5 Å². The van der Waals surface area contributed by atoms with Crippen LogP contribution in [0.15, 0.2) is 69.7 Å². The number of allylic oxidation sites excluding steroid dienone is 1. The van der Waals surface area contributed by atoms with Gasteiger partial charge in [0.1, 0.15) is 6.04 Å². The lowest BCUT2D eigenvalue weighted by Crippen LogP contribution is -2.45. The minimum absolute atomic E-state index is 0.0980. The molecule has 1 atom stereocenters. The molecule has 2 aliphatic heterocycles. The number of nitrogens with one attached hydrogen (secondary N) is 1. The highest BCUT2D eigenvalue weighted by molar-refractivity contribution is 8.18. The first-order valence-corrected chi connectivity index (χ1v) is 13.0. The second-order valence-electron chi connectivity index (χ2n) is 8.44. The average molecular weight is 566 g/mol. The molecule has 0 saturated heterocycles. The summed E-state index contributed by atoms with van der Waals surface area (Å²) in [5, 5.41) is 2.92. The van der Waals surface area contributed by atoms with Gasteiger partial charge in [-0.1, -0.05) is 12.1 Å². The summed E-state index contributed by atoms with van der Waals surface area (Å²) < 4.78 is 21.1. The Hall–Kier alpha value is -4.58. The zero-order valence-electron chi connectivity index (χ0n) is 22.5. The van der Waals surface area contributed by atoms with E-state index in [4.69, 9.17) is 14.2 Å². The lowest BCUT2D eigenvalue weighted by molar-refractivity contribution is -0.139. The summed E-state index contributed by atoms with van der Waals surface area (Å²) in [6.07, 6.45) is 1.19. The van der Waals surface area contributed by atoms with E-state index < -0.39 is 29.8 Å². The number of anilines is 1. The maximum absolute atomic E-state index is 13.6. The number of esters is 2. The van der Waals surface area contributed by atoms with Gasteiger partial charge >= 0.3 is 11.9 Å². The fourth-order valence-corrected chi connectivity index (χ4v) is 5.28. The first-order valence-electron chi connectivity index (χ1n) is 12.1. The van der Waals surface area contributed by atoms with Crippen LogP contribution < -0.4 is 14.8 Å². The number of hydrogen-bond acceptors (Lipinski definition) is 10. The van der Waals surface area contributed by atoms with E-state index in [1.54, 1.807) is 44.2 Å². The number of hydrogen-bond donors (Lipinski definition) is 1. The maximum Gasteiger partial charge on any atom is 0.338 e. The number of thioether (sulfide) groups is 1. The van der Waals surface area contributed by atoms with Gasteiger partial charge < -0.3 is 24.3 Å². The number of carbonyl (C=O) groups excluding carboxylic acids is 4. The Labute approximate surface area is 234 Å². The summed E-state index contributed by atoms with van der Waals surface area (Å²) in [4.78, 5) is 57.4. The Morgan fingerprint density at radius 3 is 2.38 bits per heavy atom. The minimum atomic E-state index is -0.955. The highest BCUT2D eigenvalue weighted by Gasteiger charge is 2.44. The third kappa shape index (κ3) is 5.43. The Morgan fingerprint density at radius 2 is 1.75 bits per heavy atom. The molecule has 4 rings (SSSR count). The Morgan fingerprint density at radius 1 is 1.02 bits per heavy atom. The minimum Gasteiger partial charge on any atom is -0.493 e. The van der Waals surface area contributed by atoms with Crippen LogP contribution in [0.25, 0.3) is 0 Å². The molecular weight excluding hydrogens is 538 g/mol. The van der Waals surface area contributed by atoms with Gasteiger partial charge in [-0.3, -0.25) is 14.5 Å². The van der Waals surface area contributed by atoms with E-state index in [0.717, 1.165) is 11.8 Å². The van der Waals surface area contributed by atoms with Crippen molar-refractivity contribution in [3.05, 3.63) is 75.8 Å². The van der Waals surface area contributed by atoms with Crippen molar-refractivity contribution in [3.63, 3.8) is 0 Å². The van der Waals surface area contributed by atoms with Crippen LogP contribution in [0.3, 0.4) is 0 Å². The van der Waals surface area contributed by atoms with Crippen LogP contribution in [0.2, 0.25) is 0 Å². The molecule has 2 aromatic rings. The monoisotopic (exact) mass is 565 g/mol. The fraction of sp³-hybridized carbons (Fsp3) is 0.250. The summed E-state index contributed by atoms with van der Waals surface area (Å²) in [7, 11) is 4.23.